The summed E-state index contributed by atoms with van der Waals surface area (Å²) in [6.07, 6.45) is -1.40. The Morgan fingerprint density at radius 1 is 1.23 bits per heavy atom. The maximum atomic E-state index is 11.9. The van der Waals surface area contributed by atoms with Crippen LogP contribution >= 0.6 is 50.7 Å². The Hall–Kier alpha value is -0.710. The molecule has 0 bridgehead atoms. The first-order valence-corrected chi connectivity index (χ1v) is 9.04. The molecule has 1 saturated heterocycles. The van der Waals surface area contributed by atoms with Gasteiger partial charge in [0, 0.05) is 27.9 Å². The summed E-state index contributed by atoms with van der Waals surface area (Å²) in [5, 5.41) is 13.2. The second-order valence-electron chi connectivity index (χ2n) is 5.42. The van der Waals surface area contributed by atoms with Crippen LogP contribution in [-0.2, 0) is 4.84 Å². The van der Waals surface area contributed by atoms with Crippen molar-refractivity contribution in [1.29, 1.82) is 0 Å². The fourth-order valence-corrected chi connectivity index (χ4v) is 4.88. The van der Waals surface area contributed by atoms with Gasteiger partial charge in [-0.25, -0.2) is 0 Å². The summed E-state index contributed by atoms with van der Waals surface area (Å²) < 4.78 is 11.9. The number of nitro groups is 1. The fourth-order valence-electron chi connectivity index (χ4n) is 2.89. The minimum Gasteiger partial charge on any atom is -0.493 e. The summed E-state index contributed by atoms with van der Waals surface area (Å²) in [4.78, 5) is 16.9. The van der Waals surface area contributed by atoms with E-state index in [2.05, 4.69) is 15.9 Å². The normalized spacial score (nSPS) is 26.6. The van der Waals surface area contributed by atoms with Crippen molar-refractivity contribution in [3.63, 3.8) is 0 Å². The minimum absolute atomic E-state index is 0.325. The molecule has 1 aromatic carbocycles. The van der Waals surface area contributed by atoms with Crippen molar-refractivity contribution >= 4 is 50.7 Å². The molecule has 0 saturated carbocycles. The predicted molar refractivity (Wildman–Crippen MR) is 100 cm³/mol. The largest absolute Gasteiger partial charge is 0.493 e. The Labute approximate surface area is 173 Å². The standard InChI is InChI=1S/C14H16BrCl3N2O6/c1-19-11(13(15,20(21)22)12(26-19)14(16,17)18)7-5-8(23-2)10(25-4)9(6-7)24-3/h5-6,11-12H,1-4H3/t11-,12+,13+/m0/s1. The zero-order valence-corrected chi connectivity index (χ0v) is 18.0. The zero-order chi connectivity index (χ0) is 19.9. The van der Waals surface area contributed by atoms with Crippen molar-refractivity contribution in [1.82, 2.24) is 5.06 Å². The van der Waals surface area contributed by atoms with Crippen LogP contribution in [0.5, 0.6) is 17.2 Å². The van der Waals surface area contributed by atoms with Gasteiger partial charge < -0.3 is 14.2 Å². The Bertz CT molecular complexity index is 679. The molecule has 0 amide bonds. The molecule has 0 unspecified atom stereocenters. The number of hydroxylamine groups is 2. The SMILES string of the molecule is COc1cc([C@@H]2N(C)O[C@@H](C(Cl)(Cl)Cl)[C@]2(Br)[N+](=O)[O-])cc(OC)c1OC. The molecule has 1 heterocycles. The Morgan fingerprint density at radius 2 is 1.73 bits per heavy atom. The molecule has 0 aromatic heterocycles. The lowest BCUT2D eigenvalue weighted by atomic mass is 9.96. The summed E-state index contributed by atoms with van der Waals surface area (Å²) in [5.74, 6) is 0.996. The van der Waals surface area contributed by atoms with Crippen molar-refractivity contribution in [2.45, 2.75) is 20.4 Å². The van der Waals surface area contributed by atoms with Crippen LogP contribution in [0.15, 0.2) is 12.1 Å². The van der Waals surface area contributed by atoms with E-state index >= 15 is 0 Å². The maximum Gasteiger partial charge on any atom is 0.327 e. The molecule has 0 radical (unpaired) electrons. The molecule has 1 aliphatic heterocycles. The number of benzene rings is 1. The molecule has 0 aliphatic carbocycles. The summed E-state index contributed by atoms with van der Waals surface area (Å²) in [6.45, 7) is 0. The molecule has 146 valence electrons. The third kappa shape index (κ3) is 3.53. The Kier molecular flexibility index (Phi) is 6.42. The highest BCUT2D eigenvalue weighted by Gasteiger charge is 2.70. The third-order valence-corrected chi connectivity index (χ3v) is 5.70. The first-order chi connectivity index (χ1) is 12.0. The molecule has 1 aliphatic rings. The van der Waals surface area contributed by atoms with Crippen molar-refractivity contribution < 1.29 is 24.0 Å². The molecule has 26 heavy (non-hydrogen) atoms. The van der Waals surface area contributed by atoms with E-state index < -0.39 is 25.3 Å². The number of halogens is 4. The average Bonchev–Trinajstić information content (AvgIpc) is 2.85. The first-order valence-electron chi connectivity index (χ1n) is 7.11. The Balaban J connectivity index is 2.67. The lowest BCUT2D eigenvalue weighted by molar-refractivity contribution is -0.543. The van der Waals surface area contributed by atoms with E-state index in [0.717, 1.165) is 0 Å². The van der Waals surface area contributed by atoms with E-state index in [0.29, 0.717) is 22.8 Å². The molecule has 1 aromatic rings. The van der Waals surface area contributed by atoms with Crippen molar-refractivity contribution in [2.24, 2.45) is 0 Å². The molecule has 3 atom stereocenters. The van der Waals surface area contributed by atoms with Gasteiger partial charge in [-0.3, -0.25) is 15.0 Å². The Morgan fingerprint density at radius 3 is 2.08 bits per heavy atom. The van der Waals surface area contributed by atoms with Gasteiger partial charge in [-0.2, -0.15) is 5.06 Å². The summed E-state index contributed by atoms with van der Waals surface area (Å²) in [6, 6.07) is 2.19. The average molecular weight is 495 g/mol. The van der Waals surface area contributed by atoms with E-state index in [4.69, 9.17) is 53.9 Å². The minimum atomic E-state index is -2.06. The summed E-state index contributed by atoms with van der Waals surface area (Å²) >= 11 is 20.9. The monoisotopic (exact) mass is 492 g/mol. The molecule has 8 nitrogen and oxygen atoms in total. The number of methoxy groups -OCH3 is 3. The van der Waals surface area contributed by atoms with Gasteiger partial charge in [-0.1, -0.05) is 34.8 Å². The lowest BCUT2D eigenvalue weighted by Crippen LogP contribution is -2.50. The third-order valence-electron chi connectivity index (χ3n) is 3.97. The van der Waals surface area contributed by atoms with Gasteiger partial charge in [-0.15, -0.1) is 0 Å². The number of likely N-dealkylation sites (N-methyl/N-ethyl adjacent to an activating group) is 1. The molecule has 0 N–H and O–H groups in total. The van der Waals surface area contributed by atoms with Crippen LogP contribution in [0, 0.1) is 10.1 Å². The highest BCUT2D eigenvalue weighted by atomic mass is 79.9. The number of nitrogens with zero attached hydrogens (tertiary/aromatic N) is 2. The number of ether oxygens (including phenoxy) is 3. The number of hydrogen-bond donors (Lipinski definition) is 0. The molecule has 1 fully saturated rings. The van der Waals surface area contributed by atoms with Crippen molar-refractivity contribution in [3.8, 4) is 17.2 Å². The molecule has 2 rings (SSSR count). The van der Waals surface area contributed by atoms with E-state index in [1.807, 2.05) is 0 Å². The number of hydrogen-bond acceptors (Lipinski definition) is 7. The molecular weight excluding hydrogens is 478 g/mol. The van der Waals surface area contributed by atoms with E-state index in [1.165, 1.54) is 33.4 Å². The van der Waals surface area contributed by atoms with Gasteiger partial charge in [0.15, 0.2) is 11.5 Å². The smallest absolute Gasteiger partial charge is 0.327 e. The van der Waals surface area contributed by atoms with Gasteiger partial charge in [0.25, 0.3) is 0 Å². The van der Waals surface area contributed by atoms with Crippen LogP contribution in [0.4, 0.5) is 0 Å². The number of alkyl halides is 4. The van der Waals surface area contributed by atoms with Crippen LogP contribution in [-0.4, -0.2) is 52.7 Å². The first kappa shape index (κ1) is 21.6. The summed E-state index contributed by atoms with van der Waals surface area (Å²) in [7, 11) is 5.84. The molecule has 0 spiro atoms. The van der Waals surface area contributed by atoms with Gasteiger partial charge in [0.1, 0.15) is 6.04 Å². The van der Waals surface area contributed by atoms with Crippen molar-refractivity contribution in [2.75, 3.05) is 28.4 Å². The molecular formula is C14H16BrCl3N2O6. The van der Waals surface area contributed by atoms with Crippen molar-refractivity contribution in [3.05, 3.63) is 27.8 Å². The van der Waals surface area contributed by atoms with E-state index in [-0.39, 0.29) is 0 Å². The highest BCUT2D eigenvalue weighted by Crippen LogP contribution is 2.55. The fraction of sp³-hybridized carbons (Fsp3) is 0.571. The van der Waals surface area contributed by atoms with Crippen LogP contribution in [0.2, 0.25) is 0 Å². The van der Waals surface area contributed by atoms with E-state index in [9.17, 15) is 10.1 Å². The molecule has 12 heteroatoms. The maximum absolute atomic E-state index is 11.9. The van der Waals surface area contributed by atoms with Gasteiger partial charge in [0.2, 0.25) is 15.6 Å². The van der Waals surface area contributed by atoms with Crippen LogP contribution in [0.3, 0.4) is 0 Å². The van der Waals surface area contributed by atoms with Crippen LogP contribution < -0.4 is 14.2 Å². The van der Waals surface area contributed by atoms with Gasteiger partial charge in [0.05, 0.1) is 21.3 Å². The second kappa shape index (κ2) is 7.73. The van der Waals surface area contributed by atoms with Gasteiger partial charge >= 0.3 is 4.45 Å². The topological polar surface area (TPSA) is 83.3 Å². The predicted octanol–water partition coefficient (Wildman–Crippen LogP) is 3.74. The van der Waals surface area contributed by atoms with Gasteiger partial charge in [-0.05, 0) is 17.7 Å². The van der Waals surface area contributed by atoms with Crippen LogP contribution in [0.25, 0.3) is 0 Å². The zero-order valence-electron chi connectivity index (χ0n) is 14.2. The second-order valence-corrected chi connectivity index (χ2v) is 9.06. The quantitative estimate of drug-likeness (QED) is 0.267. The van der Waals surface area contributed by atoms with Crippen LogP contribution in [0.1, 0.15) is 11.6 Å². The summed E-state index contributed by atoms with van der Waals surface area (Å²) in [5.41, 5.74) is 0.437. The lowest BCUT2D eigenvalue weighted by Gasteiger charge is -2.28. The highest BCUT2D eigenvalue weighted by molar-refractivity contribution is 9.10. The number of rotatable bonds is 5. The van der Waals surface area contributed by atoms with E-state index in [1.54, 1.807) is 12.1 Å².